The first-order valence-corrected chi connectivity index (χ1v) is 4.98. The molecule has 78 valence electrons. The molecule has 0 bridgehead atoms. The third kappa shape index (κ3) is 1.91. The zero-order chi connectivity index (χ0) is 9.97. The number of hydrogen-bond acceptors (Lipinski definition) is 3. The molecule has 1 aliphatic heterocycles. The average Bonchev–Trinajstić information content (AvgIpc) is 2.71. The molecule has 1 heterocycles. The maximum atomic E-state index is 8.92. The van der Waals surface area contributed by atoms with Crippen molar-refractivity contribution in [1.82, 2.24) is 0 Å². The minimum Gasteiger partial charge on any atom is -0.423 e. The molecule has 2 N–H and O–H groups in total. The van der Waals surface area contributed by atoms with Gasteiger partial charge in [0.1, 0.15) is 0 Å². The van der Waals surface area contributed by atoms with Gasteiger partial charge in [-0.15, -0.1) is 0 Å². The van der Waals surface area contributed by atoms with Crippen molar-refractivity contribution in [2.24, 2.45) is 0 Å². The van der Waals surface area contributed by atoms with Crippen molar-refractivity contribution in [2.75, 3.05) is 18.0 Å². The first kappa shape index (κ1) is 9.56. The van der Waals surface area contributed by atoms with E-state index in [0.29, 0.717) is 5.46 Å². The lowest BCUT2D eigenvalue weighted by Crippen LogP contribution is -2.29. The number of rotatable bonds is 2. The van der Waals surface area contributed by atoms with Crippen LogP contribution in [0.3, 0.4) is 0 Å². The molecule has 0 aromatic heterocycles. The van der Waals surface area contributed by atoms with E-state index in [0.717, 1.165) is 13.1 Å². The minimum absolute atomic E-state index is 0. The summed E-state index contributed by atoms with van der Waals surface area (Å²) in [5.41, 5.74) is 1.72. The van der Waals surface area contributed by atoms with Crippen LogP contribution in [-0.4, -0.2) is 30.3 Å². The fourth-order valence-corrected chi connectivity index (χ4v) is 1.83. The smallest absolute Gasteiger partial charge is 0.423 e. The molecular formula is C10H18BNO2. The highest BCUT2D eigenvalue weighted by atomic mass is 16.4. The van der Waals surface area contributed by atoms with Crippen LogP contribution >= 0.6 is 0 Å². The molecule has 0 atom stereocenters. The second-order valence-corrected chi connectivity index (χ2v) is 3.66. The van der Waals surface area contributed by atoms with E-state index >= 15 is 0 Å². The SMILES string of the molecule is OB(O)c1ccc(N2CCCC2)cc1.[HH].[HH]. The Morgan fingerprint density at radius 2 is 1.64 bits per heavy atom. The molecule has 1 aromatic rings. The molecule has 0 aliphatic carbocycles. The predicted octanol–water partition coefficient (Wildman–Crippen LogP) is 0.459. The largest absolute Gasteiger partial charge is 0.488 e. The van der Waals surface area contributed by atoms with Crippen LogP contribution < -0.4 is 10.4 Å². The minimum atomic E-state index is -1.36. The molecule has 0 radical (unpaired) electrons. The van der Waals surface area contributed by atoms with Crippen molar-refractivity contribution >= 4 is 18.3 Å². The van der Waals surface area contributed by atoms with Gasteiger partial charge in [0.15, 0.2) is 0 Å². The van der Waals surface area contributed by atoms with Crippen LogP contribution in [0.1, 0.15) is 15.7 Å². The summed E-state index contributed by atoms with van der Waals surface area (Å²) in [6.07, 6.45) is 2.51. The van der Waals surface area contributed by atoms with Gasteiger partial charge < -0.3 is 14.9 Å². The third-order valence-electron chi connectivity index (χ3n) is 2.66. The summed E-state index contributed by atoms with van der Waals surface area (Å²) in [4.78, 5) is 2.31. The van der Waals surface area contributed by atoms with Gasteiger partial charge in [-0.25, -0.2) is 0 Å². The summed E-state index contributed by atoms with van der Waals surface area (Å²) in [5.74, 6) is 0. The van der Waals surface area contributed by atoms with Crippen LogP contribution in [0.15, 0.2) is 24.3 Å². The number of hydrogen-bond donors (Lipinski definition) is 2. The number of benzene rings is 1. The molecule has 1 aliphatic rings. The summed E-state index contributed by atoms with van der Waals surface area (Å²) in [6.45, 7) is 2.22. The van der Waals surface area contributed by atoms with E-state index in [-0.39, 0.29) is 2.85 Å². The molecule has 0 spiro atoms. The summed E-state index contributed by atoms with van der Waals surface area (Å²) in [7, 11) is -1.36. The van der Waals surface area contributed by atoms with Crippen molar-refractivity contribution in [1.29, 1.82) is 0 Å². The van der Waals surface area contributed by atoms with E-state index in [1.807, 2.05) is 12.1 Å². The summed E-state index contributed by atoms with van der Waals surface area (Å²) >= 11 is 0. The Bertz CT molecular complexity index is 302. The van der Waals surface area contributed by atoms with Crippen molar-refractivity contribution in [3.8, 4) is 0 Å². The van der Waals surface area contributed by atoms with Gasteiger partial charge in [-0.1, -0.05) is 12.1 Å². The highest BCUT2D eigenvalue weighted by Gasteiger charge is 2.14. The molecule has 3 nitrogen and oxygen atoms in total. The quantitative estimate of drug-likeness (QED) is 0.673. The predicted molar refractivity (Wildman–Crippen MR) is 61.9 cm³/mol. The fourth-order valence-electron chi connectivity index (χ4n) is 1.83. The molecule has 2 rings (SSSR count). The Morgan fingerprint density at radius 1 is 1.07 bits per heavy atom. The Balaban J connectivity index is 0.00000112. The number of nitrogens with zero attached hydrogens (tertiary/aromatic N) is 1. The van der Waals surface area contributed by atoms with E-state index in [9.17, 15) is 0 Å². The normalized spacial score (nSPS) is 16.0. The Hall–Kier alpha value is -0.995. The summed E-state index contributed by atoms with van der Waals surface area (Å²) in [6, 6.07) is 7.41. The third-order valence-corrected chi connectivity index (χ3v) is 2.66. The lowest BCUT2D eigenvalue weighted by Gasteiger charge is -2.17. The highest BCUT2D eigenvalue weighted by molar-refractivity contribution is 6.58. The molecular weight excluding hydrogens is 177 g/mol. The van der Waals surface area contributed by atoms with Crippen LogP contribution in [0.5, 0.6) is 0 Å². The van der Waals surface area contributed by atoms with E-state index in [4.69, 9.17) is 10.0 Å². The van der Waals surface area contributed by atoms with Crippen LogP contribution in [-0.2, 0) is 0 Å². The molecule has 1 fully saturated rings. The van der Waals surface area contributed by atoms with Crippen molar-refractivity contribution < 1.29 is 12.9 Å². The van der Waals surface area contributed by atoms with Gasteiger partial charge in [0.2, 0.25) is 0 Å². The Labute approximate surface area is 87.1 Å². The van der Waals surface area contributed by atoms with Crippen molar-refractivity contribution in [2.45, 2.75) is 12.8 Å². The first-order valence-electron chi connectivity index (χ1n) is 4.98. The zero-order valence-electron chi connectivity index (χ0n) is 8.06. The molecule has 1 aromatic carbocycles. The molecule has 0 saturated carbocycles. The zero-order valence-corrected chi connectivity index (χ0v) is 8.06. The second-order valence-electron chi connectivity index (χ2n) is 3.66. The van der Waals surface area contributed by atoms with E-state index < -0.39 is 7.12 Å². The molecule has 0 amide bonds. The maximum Gasteiger partial charge on any atom is 0.488 e. The van der Waals surface area contributed by atoms with Crippen LogP contribution in [0.4, 0.5) is 5.69 Å². The van der Waals surface area contributed by atoms with Gasteiger partial charge in [0, 0.05) is 21.6 Å². The second kappa shape index (κ2) is 4.03. The monoisotopic (exact) mass is 195 g/mol. The first-order chi connectivity index (χ1) is 6.77. The van der Waals surface area contributed by atoms with Gasteiger partial charge in [0.05, 0.1) is 0 Å². The molecule has 0 unspecified atom stereocenters. The van der Waals surface area contributed by atoms with E-state index in [1.54, 1.807) is 12.1 Å². The van der Waals surface area contributed by atoms with E-state index in [1.165, 1.54) is 18.5 Å². The van der Waals surface area contributed by atoms with Gasteiger partial charge in [-0.3, -0.25) is 0 Å². The van der Waals surface area contributed by atoms with Crippen LogP contribution in [0.25, 0.3) is 0 Å². The summed E-state index contributed by atoms with van der Waals surface area (Å²) in [5, 5.41) is 17.8. The molecule has 14 heavy (non-hydrogen) atoms. The van der Waals surface area contributed by atoms with Crippen LogP contribution in [0, 0.1) is 0 Å². The topological polar surface area (TPSA) is 43.7 Å². The molecule has 1 saturated heterocycles. The maximum absolute atomic E-state index is 8.92. The van der Waals surface area contributed by atoms with Gasteiger partial charge in [-0.2, -0.15) is 0 Å². The van der Waals surface area contributed by atoms with Gasteiger partial charge >= 0.3 is 7.12 Å². The van der Waals surface area contributed by atoms with Gasteiger partial charge in [0.25, 0.3) is 0 Å². The lowest BCUT2D eigenvalue weighted by atomic mass is 9.80. The summed E-state index contributed by atoms with van der Waals surface area (Å²) < 4.78 is 0. The fraction of sp³-hybridized carbons (Fsp3) is 0.400. The lowest BCUT2D eigenvalue weighted by molar-refractivity contribution is 0.426. The number of anilines is 1. The van der Waals surface area contributed by atoms with Crippen LogP contribution in [0.2, 0.25) is 0 Å². The van der Waals surface area contributed by atoms with Crippen molar-refractivity contribution in [3.05, 3.63) is 24.3 Å². The highest BCUT2D eigenvalue weighted by Crippen LogP contribution is 2.18. The Morgan fingerprint density at radius 3 is 2.14 bits per heavy atom. The Kier molecular flexibility index (Phi) is 2.75. The van der Waals surface area contributed by atoms with E-state index in [2.05, 4.69) is 4.90 Å². The standard InChI is InChI=1S/C10H14BNO2.2H2/c13-11(14)9-3-5-10(6-4-9)12-7-1-2-8-12;;/h3-6,13-14H,1-2,7-8H2;2*1H. The molecule has 4 heteroatoms. The average molecular weight is 195 g/mol. The van der Waals surface area contributed by atoms with Gasteiger partial charge in [-0.05, 0) is 30.4 Å². The van der Waals surface area contributed by atoms with Crippen molar-refractivity contribution in [3.63, 3.8) is 0 Å².